The monoisotopic (exact) mass is 292 g/mol. The van der Waals surface area contributed by atoms with Crippen molar-refractivity contribution in [2.75, 3.05) is 24.6 Å². The van der Waals surface area contributed by atoms with Crippen LogP contribution in [0.3, 0.4) is 0 Å². The first-order chi connectivity index (χ1) is 8.77. The Morgan fingerprint density at radius 2 is 1.68 bits per heavy atom. The molecule has 0 bridgehead atoms. The highest BCUT2D eigenvalue weighted by Crippen LogP contribution is 2.25. The zero-order valence-electron chi connectivity index (χ0n) is 13.3. The lowest BCUT2D eigenvalue weighted by Crippen LogP contribution is -2.57. The number of nitrogens with zero attached hydrogens (tertiary/aromatic N) is 1. The summed E-state index contributed by atoms with van der Waals surface area (Å²) in [6.07, 6.45) is 2.41. The Morgan fingerprint density at radius 1 is 1.16 bits per heavy atom. The fourth-order valence-corrected chi connectivity index (χ4v) is 3.54. The van der Waals surface area contributed by atoms with Crippen molar-refractivity contribution >= 4 is 9.84 Å². The van der Waals surface area contributed by atoms with E-state index in [9.17, 15) is 8.42 Å². The number of sulfone groups is 1. The van der Waals surface area contributed by atoms with Crippen LogP contribution in [0.5, 0.6) is 0 Å². The maximum atomic E-state index is 11.5. The molecule has 0 aromatic heterocycles. The summed E-state index contributed by atoms with van der Waals surface area (Å²) >= 11 is 0. The number of rotatable bonds is 10. The van der Waals surface area contributed by atoms with Crippen molar-refractivity contribution in [3.05, 3.63) is 0 Å². The third-order valence-electron chi connectivity index (χ3n) is 4.41. The van der Waals surface area contributed by atoms with Crippen molar-refractivity contribution in [2.45, 2.75) is 65.5 Å². The van der Waals surface area contributed by atoms with E-state index in [0.717, 1.165) is 25.9 Å². The van der Waals surface area contributed by atoms with Crippen LogP contribution in [-0.4, -0.2) is 49.5 Å². The molecule has 0 aliphatic carbocycles. The number of nitrogens with two attached hydrogens (primary N) is 1. The summed E-state index contributed by atoms with van der Waals surface area (Å²) in [5.41, 5.74) is 6.31. The van der Waals surface area contributed by atoms with E-state index in [4.69, 9.17) is 5.73 Å². The fraction of sp³-hybridized carbons (Fsp3) is 1.00. The predicted octanol–water partition coefficient (Wildman–Crippen LogP) is 2.04. The van der Waals surface area contributed by atoms with Gasteiger partial charge in [0, 0.05) is 17.3 Å². The fourth-order valence-electron chi connectivity index (χ4n) is 2.64. The molecule has 19 heavy (non-hydrogen) atoms. The molecule has 0 aliphatic heterocycles. The van der Waals surface area contributed by atoms with E-state index in [1.807, 2.05) is 0 Å². The van der Waals surface area contributed by atoms with E-state index < -0.39 is 9.84 Å². The lowest BCUT2D eigenvalue weighted by atomic mass is 9.85. The van der Waals surface area contributed by atoms with Gasteiger partial charge in [-0.15, -0.1) is 0 Å². The largest absolute Gasteiger partial charge is 0.326 e. The predicted molar refractivity (Wildman–Crippen MR) is 83.2 cm³/mol. The van der Waals surface area contributed by atoms with E-state index in [1.54, 1.807) is 6.92 Å². The quantitative estimate of drug-likeness (QED) is 0.669. The molecule has 116 valence electrons. The van der Waals surface area contributed by atoms with E-state index in [-0.39, 0.29) is 23.1 Å². The first kappa shape index (κ1) is 18.9. The standard InChI is InChI=1S/C14H32N2O2S/c1-6-14(5,16(7-2)8-3)13(15)11-10-12-19(17,18)9-4/h13H,6-12,15H2,1-5H3. The van der Waals surface area contributed by atoms with Crippen LogP contribution in [0.1, 0.15) is 53.9 Å². The average Bonchev–Trinajstić information content (AvgIpc) is 2.39. The molecule has 2 atom stereocenters. The van der Waals surface area contributed by atoms with Crippen molar-refractivity contribution < 1.29 is 8.42 Å². The summed E-state index contributed by atoms with van der Waals surface area (Å²) in [7, 11) is -2.87. The zero-order valence-corrected chi connectivity index (χ0v) is 14.1. The van der Waals surface area contributed by atoms with Gasteiger partial charge in [0.15, 0.2) is 0 Å². The van der Waals surface area contributed by atoms with Crippen LogP contribution in [0.2, 0.25) is 0 Å². The lowest BCUT2D eigenvalue weighted by molar-refractivity contribution is 0.0812. The molecule has 0 heterocycles. The van der Waals surface area contributed by atoms with Crippen LogP contribution < -0.4 is 5.73 Å². The van der Waals surface area contributed by atoms with E-state index in [2.05, 4.69) is 32.6 Å². The minimum absolute atomic E-state index is 0.0180. The SMILES string of the molecule is CCN(CC)C(C)(CC)C(N)CCCS(=O)(=O)CC. The van der Waals surface area contributed by atoms with Crippen LogP contribution in [0.4, 0.5) is 0 Å². The Kier molecular flexibility index (Phi) is 8.17. The molecule has 0 aromatic carbocycles. The van der Waals surface area contributed by atoms with E-state index >= 15 is 0 Å². The maximum absolute atomic E-state index is 11.5. The average molecular weight is 292 g/mol. The summed E-state index contributed by atoms with van der Waals surface area (Å²) in [5.74, 6) is 0.485. The Bertz CT molecular complexity index is 339. The summed E-state index contributed by atoms with van der Waals surface area (Å²) in [6.45, 7) is 12.3. The highest BCUT2D eigenvalue weighted by atomic mass is 32.2. The second-order valence-electron chi connectivity index (χ2n) is 5.37. The van der Waals surface area contributed by atoms with Gasteiger partial charge in [-0.1, -0.05) is 27.7 Å². The smallest absolute Gasteiger partial charge is 0.150 e. The minimum atomic E-state index is -2.87. The molecular weight excluding hydrogens is 260 g/mol. The molecule has 4 nitrogen and oxygen atoms in total. The highest BCUT2D eigenvalue weighted by molar-refractivity contribution is 7.91. The molecule has 0 rings (SSSR count). The zero-order chi connectivity index (χ0) is 15.1. The van der Waals surface area contributed by atoms with Gasteiger partial charge in [-0.2, -0.15) is 0 Å². The molecule has 5 heteroatoms. The second-order valence-corrected chi connectivity index (χ2v) is 7.84. The van der Waals surface area contributed by atoms with Crippen molar-refractivity contribution in [3.8, 4) is 0 Å². The van der Waals surface area contributed by atoms with Gasteiger partial charge >= 0.3 is 0 Å². The summed E-state index contributed by atoms with van der Waals surface area (Å²) in [5, 5.41) is 0. The van der Waals surface area contributed by atoms with E-state index in [0.29, 0.717) is 6.42 Å². The minimum Gasteiger partial charge on any atom is -0.326 e. The summed E-state index contributed by atoms with van der Waals surface area (Å²) in [4.78, 5) is 2.38. The molecule has 0 saturated carbocycles. The summed E-state index contributed by atoms with van der Waals surface area (Å²) in [6, 6.07) is 0.0180. The summed E-state index contributed by atoms with van der Waals surface area (Å²) < 4.78 is 23.0. The van der Waals surface area contributed by atoms with Crippen LogP contribution in [-0.2, 0) is 9.84 Å². The van der Waals surface area contributed by atoms with Crippen LogP contribution in [0.25, 0.3) is 0 Å². The molecule has 2 N–H and O–H groups in total. The van der Waals surface area contributed by atoms with Crippen molar-refractivity contribution in [1.29, 1.82) is 0 Å². The van der Waals surface area contributed by atoms with Crippen LogP contribution in [0, 0.1) is 0 Å². The van der Waals surface area contributed by atoms with Gasteiger partial charge in [0.2, 0.25) is 0 Å². The van der Waals surface area contributed by atoms with E-state index in [1.165, 1.54) is 0 Å². The molecule has 0 aliphatic rings. The Labute approximate surface area is 119 Å². The van der Waals surface area contributed by atoms with Gasteiger partial charge < -0.3 is 5.73 Å². The topological polar surface area (TPSA) is 63.4 Å². The van der Waals surface area contributed by atoms with Gasteiger partial charge in [0.1, 0.15) is 9.84 Å². The normalized spacial score (nSPS) is 17.4. The van der Waals surface area contributed by atoms with Crippen LogP contribution >= 0.6 is 0 Å². The van der Waals surface area contributed by atoms with Gasteiger partial charge in [-0.3, -0.25) is 4.90 Å². The maximum Gasteiger partial charge on any atom is 0.150 e. The molecule has 0 saturated heterocycles. The first-order valence-corrected chi connectivity index (χ1v) is 9.30. The van der Waals surface area contributed by atoms with Crippen molar-refractivity contribution in [2.24, 2.45) is 5.73 Å². The second kappa shape index (κ2) is 8.22. The third-order valence-corrected chi connectivity index (χ3v) is 6.20. The number of hydrogen-bond acceptors (Lipinski definition) is 4. The first-order valence-electron chi connectivity index (χ1n) is 7.48. The molecule has 0 radical (unpaired) electrons. The van der Waals surface area contributed by atoms with Gasteiger partial charge in [0.05, 0.1) is 5.75 Å². The molecule has 2 unspecified atom stereocenters. The molecule has 0 aromatic rings. The third kappa shape index (κ3) is 5.40. The highest BCUT2D eigenvalue weighted by Gasteiger charge is 2.34. The van der Waals surface area contributed by atoms with Crippen LogP contribution in [0.15, 0.2) is 0 Å². The Hall–Kier alpha value is -0.130. The molecule has 0 amide bonds. The molecule has 0 fully saturated rings. The van der Waals surface area contributed by atoms with Gasteiger partial charge in [-0.05, 0) is 39.3 Å². The van der Waals surface area contributed by atoms with Gasteiger partial charge in [-0.25, -0.2) is 8.42 Å². The molecule has 0 spiro atoms. The van der Waals surface area contributed by atoms with Crippen molar-refractivity contribution in [1.82, 2.24) is 4.90 Å². The Balaban J connectivity index is 4.56. The Morgan fingerprint density at radius 3 is 2.05 bits per heavy atom. The van der Waals surface area contributed by atoms with Crippen molar-refractivity contribution in [3.63, 3.8) is 0 Å². The van der Waals surface area contributed by atoms with Gasteiger partial charge in [0.25, 0.3) is 0 Å². The molecular formula is C14H32N2O2S. The number of hydrogen-bond donors (Lipinski definition) is 1. The lowest BCUT2D eigenvalue weighted by Gasteiger charge is -2.44. The number of likely N-dealkylation sites (N-methyl/N-ethyl adjacent to an activating group) is 1.